The van der Waals surface area contributed by atoms with Crippen LogP contribution < -0.4 is 0 Å². The molecule has 0 saturated carbocycles. The molecule has 27 heavy (non-hydrogen) atoms. The van der Waals surface area contributed by atoms with Crippen LogP contribution in [0.25, 0.3) is 0 Å². The van der Waals surface area contributed by atoms with Crippen LogP contribution in [-0.2, 0) is 4.74 Å². The predicted molar refractivity (Wildman–Crippen MR) is 89.3 cm³/mol. The topological polar surface area (TPSA) is 83.0 Å². The number of amides is 2. The molecule has 0 aliphatic carbocycles. The predicted octanol–water partition coefficient (Wildman–Crippen LogP) is 2.13. The summed E-state index contributed by atoms with van der Waals surface area (Å²) >= 11 is 1.28. The van der Waals surface area contributed by atoms with Crippen molar-refractivity contribution in [3.8, 4) is 0 Å². The number of nitrogens with zero attached hydrogens (tertiary/aromatic N) is 3. The number of ether oxygens (including phenoxy) is 1. The molecule has 0 aromatic carbocycles. The van der Waals surface area contributed by atoms with Gasteiger partial charge in [-0.15, -0.1) is 11.3 Å². The van der Waals surface area contributed by atoms with Crippen molar-refractivity contribution in [3.05, 3.63) is 16.6 Å². The molecule has 3 heterocycles. The first-order valence-corrected chi connectivity index (χ1v) is 9.44. The van der Waals surface area contributed by atoms with Gasteiger partial charge in [-0.1, -0.05) is 0 Å². The quantitative estimate of drug-likeness (QED) is 0.830. The molecule has 1 unspecified atom stereocenters. The number of hydrogen-bond acceptors (Lipinski definition) is 6. The van der Waals surface area contributed by atoms with Gasteiger partial charge < -0.3 is 19.6 Å². The molecule has 7 nitrogen and oxygen atoms in total. The Bertz CT molecular complexity index is 675. The van der Waals surface area contributed by atoms with E-state index in [1.807, 2.05) is 0 Å². The lowest BCUT2D eigenvalue weighted by Crippen LogP contribution is -2.47. The average molecular weight is 407 g/mol. The SMILES string of the molecule is O=C(OC(CO)C(F)(F)F)N1CCC2(CC1)CCN(C(=O)c1nccs1)C2. The standard InChI is InChI=1S/C16H20F3N3O4S/c17-16(18,19)11(9-23)26-14(25)21-5-1-15(2-6-21)3-7-22(10-15)13(24)12-20-4-8-27-12/h4,8,11,23H,1-3,5-7,9-10H2. The summed E-state index contributed by atoms with van der Waals surface area (Å²) in [5.41, 5.74) is -0.135. The van der Waals surface area contributed by atoms with Crippen LogP contribution >= 0.6 is 11.3 Å². The van der Waals surface area contributed by atoms with Gasteiger partial charge in [0.2, 0.25) is 6.10 Å². The van der Waals surface area contributed by atoms with Crippen LogP contribution in [-0.4, -0.2) is 77.0 Å². The average Bonchev–Trinajstić information content (AvgIpc) is 3.29. The molecule has 1 N–H and O–H groups in total. The summed E-state index contributed by atoms with van der Waals surface area (Å²) in [7, 11) is 0. The van der Waals surface area contributed by atoms with Crippen LogP contribution in [0.3, 0.4) is 0 Å². The molecule has 1 atom stereocenters. The highest BCUT2D eigenvalue weighted by atomic mass is 32.1. The van der Waals surface area contributed by atoms with Gasteiger partial charge in [0.05, 0.1) is 6.61 Å². The highest BCUT2D eigenvalue weighted by Crippen LogP contribution is 2.41. The molecule has 0 radical (unpaired) electrons. The fourth-order valence-electron chi connectivity index (χ4n) is 3.55. The van der Waals surface area contributed by atoms with E-state index in [4.69, 9.17) is 5.11 Å². The van der Waals surface area contributed by atoms with Gasteiger partial charge in [-0.2, -0.15) is 13.2 Å². The monoisotopic (exact) mass is 407 g/mol. The van der Waals surface area contributed by atoms with Crippen molar-refractivity contribution < 1.29 is 32.6 Å². The Morgan fingerprint density at radius 2 is 1.89 bits per heavy atom. The van der Waals surface area contributed by atoms with Gasteiger partial charge in [-0.25, -0.2) is 9.78 Å². The third kappa shape index (κ3) is 4.34. The van der Waals surface area contributed by atoms with E-state index >= 15 is 0 Å². The normalized spacial score (nSPS) is 20.7. The molecule has 2 aliphatic heterocycles. The van der Waals surface area contributed by atoms with E-state index in [9.17, 15) is 22.8 Å². The van der Waals surface area contributed by atoms with Crippen LogP contribution in [0.1, 0.15) is 29.1 Å². The van der Waals surface area contributed by atoms with Gasteiger partial charge >= 0.3 is 12.3 Å². The zero-order chi connectivity index (χ0) is 19.7. The van der Waals surface area contributed by atoms with E-state index in [0.29, 0.717) is 30.9 Å². The molecule has 2 fully saturated rings. The summed E-state index contributed by atoms with van der Waals surface area (Å²) in [5.74, 6) is -0.111. The van der Waals surface area contributed by atoms with E-state index in [2.05, 4.69) is 9.72 Å². The molecule has 2 amide bonds. The molecule has 0 bridgehead atoms. The maximum absolute atomic E-state index is 12.6. The molecule has 150 valence electrons. The lowest BCUT2D eigenvalue weighted by atomic mass is 9.78. The van der Waals surface area contributed by atoms with Crippen molar-refractivity contribution in [3.63, 3.8) is 0 Å². The number of aliphatic hydroxyl groups is 1. The van der Waals surface area contributed by atoms with E-state index in [0.717, 1.165) is 6.42 Å². The first-order chi connectivity index (χ1) is 12.7. The van der Waals surface area contributed by atoms with E-state index in [1.54, 1.807) is 16.5 Å². The van der Waals surface area contributed by atoms with E-state index in [-0.39, 0.29) is 24.4 Å². The summed E-state index contributed by atoms with van der Waals surface area (Å²) in [4.78, 5) is 31.4. The molecule has 3 rings (SSSR count). The fraction of sp³-hybridized carbons (Fsp3) is 0.688. The third-order valence-electron chi connectivity index (χ3n) is 5.20. The van der Waals surface area contributed by atoms with Crippen molar-refractivity contribution >= 4 is 23.3 Å². The summed E-state index contributed by atoms with van der Waals surface area (Å²) in [5, 5.41) is 11.0. The van der Waals surface area contributed by atoms with Crippen molar-refractivity contribution in [2.75, 3.05) is 32.8 Å². The van der Waals surface area contributed by atoms with E-state index in [1.165, 1.54) is 16.2 Å². The Hall–Kier alpha value is -1.88. The Morgan fingerprint density at radius 3 is 2.41 bits per heavy atom. The number of aliphatic hydroxyl groups excluding tert-OH is 1. The van der Waals surface area contributed by atoms with Crippen LogP contribution in [0.5, 0.6) is 0 Å². The second-order valence-corrected chi connectivity index (χ2v) is 7.79. The first-order valence-electron chi connectivity index (χ1n) is 8.56. The number of carbonyl (C=O) groups is 2. The molecule has 1 aromatic rings. The number of hydrogen-bond donors (Lipinski definition) is 1. The first kappa shape index (κ1) is 19.9. The number of rotatable bonds is 3. The molecule has 2 saturated heterocycles. The van der Waals surface area contributed by atoms with Gasteiger partial charge in [0.1, 0.15) is 0 Å². The highest BCUT2D eigenvalue weighted by molar-refractivity contribution is 7.11. The molecular weight excluding hydrogens is 387 g/mol. The van der Waals surface area contributed by atoms with Crippen molar-refractivity contribution in [1.29, 1.82) is 0 Å². The fourth-order valence-corrected chi connectivity index (χ4v) is 4.15. The summed E-state index contributed by atoms with van der Waals surface area (Å²) in [6, 6.07) is 0. The van der Waals surface area contributed by atoms with Gasteiger partial charge in [0.25, 0.3) is 5.91 Å². The minimum Gasteiger partial charge on any atom is -0.434 e. The lowest BCUT2D eigenvalue weighted by Gasteiger charge is -2.39. The summed E-state index contributed by atoms with van der Waals surface area (Å²) in [6.45, 7) is 0.364. The maximum atomic E-state index is 12.6. The summed E-state index contributed by atoms with van der Waals surface area (Å²) in [6.07, 6.45) is -4.86. The van der Waals surface area contributed by atoms with Gasteiger partial charge in [0, 0.05) is 37.8 Å². The summed E-state index contributed by atoms with van der Waals surface area (Å²) < 4.78 is 42.3. The Labute approximate surface area is 157 Å². The Balaban J connectivity index is 1.53. The third-order valence-corrected chi connectivity index (χ3v) is 5.96. The van der Waals surface area contributed by atoms with Crippen molar-refractivity contribution in [1.82, 2.24) is 14.8 Å². The van der Waals surface area contributed by atoms with Gasteiger partial charge in [-0.05, 0) is 24.7 Å². The zero-order valence-corrected chi connectivity index (χ0v) is 15.3. The molecule has 1 aromatic heterocycles. The van der Waals surface area contributed by atoms with Crippen LogP contribution in [0.4, 0.5) is 18.0 Å². The van der Waals surface area contributed by atoms with Crippen LogP contribution in [0.15, 0.2) is 11.6 Å². The number of likely N-dealkylation sites (tertiary alicyclic amines) is 2. The number of thiazole rings is 1. The Morgan fingerprint density at radius 1 is 1.26 bits per heavy atom. The zero-order valence-electron chi connectivity index (χ0n) is 14.4. The highest BCUT2D eigenvalue weighted by Gasteiger charge is 2.46. The second-order valence-electron chi connectivity index (χ2n) is 6.90. The molecule has 2 aliphatic rings. The number of alkyl halides is 3. The largest absolute Gasteiger partial charge is 0.434 e. The van der Waals surface area contributed by atoms with Gasteiger partial charge in [0.15, 0.2) is 5.01 Å². The number of aromatic nitrogens is 1. The molecule has 1 spiro atoms. The number of piperidine rings is 1. The minimum atomic E-state index is -4.80. The smallest absolute Gasteiger partial charge is 0.427 e. The van der Waals surface area contributed by atoms with Gasteiger partial charge in [-0.3, -0.25) is 4.79 Å². The maximum Gasteiger partial charge on any atom is 0.427 e. The second kappa shape index (κ2) is 7.63. The lowest BCUT2D eigenvalue weighted by molar-refractivity contribution is -0.215. The Kier molecular flexibility index (Phi) is 5.61. The minimum absolute atomic E-state index is 0.111. The van der Waals surface area contributed by atoms with Crippen LogP contribution in [0.2, 0.25) is 0 Å². The van der Waals surface area contributed by atoms with E-state index < -0.39 is 25.0 Å². The molecule has 11 heteroatoms. The molecular formula is C16H20F3N3O4S. The number of carbonyl (C=O) groups excluding carboxylic acids is 2. The number of halogens is 3. The van der Waals surface area contributed by atoms with Crippen LogP contribution in [0, 0.1) is 5.41 Å². The van der Waals surface area contributed by atoms with Crippen molar-refractivity contribution in [2.45, 2.75) is 31.5 Å². The van der Waals surface area contributed by atoms with Crippen molar-refractivity contribution in [2.24, 2.45) is 5.41 Å².